The van der Waals surface area contributed by atoms with Gasteiger partial charge in [0.05, 0.1) is 6.54 Å². The summed E-state index contributed by atoms with van der Waals surface area (Å²) in [5.74, 6) is 1.65. The number of amides is 3. The molecule has 0 aromatic heterocycles. The second kappa shape index (κ2) is 7.71. The first-order valence-corrected chi connectivity index (χ1v) is 10.3. The maximum atomic E-state index is 13.1. The summed E-state index contributed by atoms with van der Waals surface area (Å²) >= 11 is 0. The van der Waals surface area contributed by atoms with Crippen molar-refractivity contribution in [1.82, 2.24) is 15.1 Å². The predicted octanol–water partition coefficient (Wildman–Crippen LogP) is 2.90. The highest BCUT2D eigenvalue weighted by atomic mass is 16.7. The lowest BCUT2D eigenvalue weighted by atomic mass is 9.75. The Balaban J connectivity index is 1.40. The van der Waals surface area contributed by atoms with Crippen molar-refractivity contribution >= 4 is 11.9 Å². The summed E-state index contributed by atoms with van der Waals surface area (Å²) in [6.07, 6.45) is 2.37. The van der Waals surface area contributed by atoms with E-state index in [1.807, 2.05) is 26.0 Å². The standard InChI is InChI=1S/C22H29N3O4/c1-4-22(20(26)25(12-15(2)3)21(27)23-22)17-7-9-24(10-8-17)13-16-5-6-18-19(11-16)29-14-28-18/h5-6,11,17H,2,4,7-10,12-14H2,1,3H3,(H,23,27)/t22-/m0/s1. The number of piperidine rings is 1. The third-order valence-corrected chi connectivity index (χ3v) is 6.32. The smallest absolute Gasteiger partial charge is 0.325 e. The third kappa shape index (κ3) is 3.59. The van der Waals surface area contributed by atoms with Crippen LogP contribution < -0.4 is 14.8 Å². The molecular formula is C22H29N3O4. The molecule has 2 saturated heterocycles. The van der Waals surface area contributed by atoms with Crippen LogP contribution in [0, 0.1) is 5.92 Å². The number of nitrogens with one attached hydrogen (secondary N) is 1. The maximum Gasteiger partial charge on any atom is 0.325 e. The molecule has 156 valence electrons. The van der Waals surface area contributed by atoms with E-state index in [1.165, 1.54) is 10.5 Å². The Kier molecular flexibility index (Phi) is 5.25. The number of fused-ring (bicyclic) bond motifs is 1. The molecule has 1 N–H and O–H groups in total. The SMILES string of the molecule is C=C(C)CN1C(=O)N[C@@](CC)(C2CCN(Cc3ccc4c(c3)OCO4)CC2)C1=O. The maximum absolute atomic E-state index is 13.1. The van der Waals surface area contributed by atoms with Crippen molar-refractivity contribution in [3.63, 3.8) is 0 Å². The quantitative estimate of drug-likeness (QED) is 0.588. The second-order valence-corrected chi connectivity index (χ2v) is 8.34. The summed E-state index contributed by atoms with van der Waals surface area (Å²) < 4.78 is 10.8. The van der Waals surface area contributed by atoms with Crippen molar-refractivity contribution < 1.29 is 19.1 Å². The van der Waals surface area contributed by atoms with Crippen LogP contribution in [0.1, 0.15) is 38.7 Å². The molecule has 0 radical (unpaired) electrons. The van der Waals surface area contributed by atoms with Crippen LogP contribution in [0.15, 0.2) is 30.4 Å². The van der Waals surface area contributed by atoms with E-state index in [1.54, 1.807) is 0 Å². The van der Waals surface area contributed by atoms with Gasteiger partial charge in [-0.15, -0.1) is 0 Å². The Labute approximate surface area is 171 Å². The average molecular weight is 399 g/mol. The van der Waals surface area contributed by atoms with Crippen LogP contribution in [0.2, 0.25) is 0 Å². The predicted molar refractivity (Wildman–Crippen MR) is 109 cm³/mol. The van der Waals surface area contributed by atoms with Gasteiger partial charge in [0.2, 0.25) is 6.79 Å². The number of carbonyl (C=O) groups excluding carboxylic acids is 2. The van der Waals surface area contributed by atoms with Gasteiger partial charge in [-0.3, -0.25) is 14.6 Å². The molecule has 1 aromatic rings. The highest BCUT2D eigenvalue weighted by molar-refractivity contribution is 6.07. The third-order valence-electron chi connectivity index (χ3n) is 6.32. The molecule has 7 nitrogen and oxygen atoms in total. The Bertz CT molecular complexity index is 831. The molecule has 0 bridgehead atoms. The first-order chi connectivity index (χ1) is 13.9. The molecule has 0 unspecified atom stereocenters. The summed E-state index contributed by atoms with van der Waals surface area (Å²) in [7, 11) is 0. The van der Waals surface area contributed by atoms with E-state index in [-0.39, 0.29) is 31.2 Å². The topological polar surface area (TPSA) is 71.1 Å². The fraction of sp³-hybridized carbons (Fsp3) is 0.545. The molecule has 0 saturated carbocycles. The van der Waals surface area contributed by atoms with Crippen molar-refractivity contribution in [3.05, 3.63) is 35.9 Å². The zero-order valence-corrected chi connectivity index (χ0v) is 17.2. The molecule has 29 heavy (non-hydrogen) atoms. The van der Waals surface area contributed by atoms with Crippen molar-refractivity contribution in [1.29, 1.82) is 0 Å². The number of likely N-dealkylation sites (tertiary alicyclic amines) is 1. The molecule has 0 spiro atoms. The van der Waals surface area contributed by atoms with E-state index in [9.17, 15) is 9.59 Å². The Hall–Kier alpha value is -2.54. The van der Waals surface area contributed by atoms with Gasteiger partial charge in [-0.05, 0) is 62.9 Å². The molecule has 7 heteroatoms. The summed E-state index contributed by atoms with van der Waals surface area (Å²) in [6, 6.07) is 5.78. The van der Waals surface area contributed by atoms with Gasteiger partial charge in [0.25, 0.3) is 5.91 Å². The number of urea groups is 1. The number of benzene rings is 1. The average Bonchev–Trinajstić information content (AvgIpc) is 3.26. The monoisotopic (exact) mass is 399 g/mol. The fourth-order valence-electron chi connectivity index (χ4n) is 4.74. The van der Waals surface area contributed by atoms with E-state index in [2.05, 4.69) is 22.9 Å². The first kappa shape index (κ1) is 19.8. The van der Waals surface area contributed by atoms with Crippen LogP contribution in [0.5, 0.6) is 11.5 Å². The Morgan fingerprint density at radius 2 is 1.97 bits per heavy atom. The number of ether oxygens (including phenoxy) is 2. The molecule has 3 aliphatic heterocycles. The minimum Gasteiger partial charge on any atom is -0.454 e. The van der Waals surface area contributed by atoms with Gasteiger partial charge in [0.1, 0.15) is 5.54 Å². The van der Waals surface area contributed by atoms with Gasteiger partial charge in [-0.25, -0.2) is 4.79 Å². The van der Waals surface area contributed by atoms with Crippen LogP contribution in [0.4, 0.5) is 4.79 Å². The van der Waals surface area contributed by atoms with E-state index in [0.717, 1.165) is 49.5 Å². The van der Waals surface area contributed by atoms with Crippen molar-refractivity contribution in [2.45, 2.75) is 45.2 Å². The van der Waals surface area contributed by atoms with E-state index in [0.29, 0.717) is 6.42 Å². The highest BCUT2D eigenvalue weighted by Crippen LogP contribution is 2.37. The molecule has 1 aromatic carbocycles. The lowest BCUT2D eigenvalue weighted by Gasteiger charge is -2.40. The largest absolute Gasteiger partial charge is 0.454 e. The molecule has 3 heterocycles. The summed E-state index contributed by atoms with van der Waals surface area (Å²) in [5.41, 5.74) is 1.21. The second-order valence-electron chi connectivity index (χ2n) is 8.34. The summed E-state index contributed by atoms with van der Waals surface area (Å²) in [6.45, 7) is 10.9. The Morgan fingerprint density at radius 3 is 2.66 bits per heavy atom. The first-order valence-electron chi connectivity index (χ1n) is 10.3. The van der Waals surface area contributed by atoms with Gasteiger partial charge >= 0.3 is 6.03 Å². The zero-order valence-electron chi connectivity index (χ0n) is 17.2. The molecule has 3 aliphatic rings. The van der Waals surface area contributed by atoms with Gasteiger partial charge < -0.3 is 14.8 Å². The van der Waals surface area contributed by atoms with Crippen LogP contribution >= 0.6 is 0 Å². The molecule has 2 fully saturated rings. The van der Waals surface area contributed by atoms with Gasteiger partial charge in [-0.1, -0.05) is 25.1 Å². The van der Waals surface area contributed by atoms with Crippen LogP contribution in [-0.4, -0.2) is 53.7 Å². The zero-order chi connectivity index (χ0) is 20.6. The lowest BCUT2D eigenvalue weighted by Crippen LogP contribution is -2.55. The number of carbonyl (C=O) groups is 2. The molecule has 3 amide bonds. The van der Waals surface area contributed by atoms with Crippen LogP contribution in [0.3, 0.4) is 0 Å². The van der Waals surface area contributed by atoms with Crippen molar-refractivity contribution in [3.8, 4) is 11.5 Å². The van der Waals surface area contributed by atoms with Gasteiger partial charge in [0.15, 0.2) is 11.5 Å². The molecule has 0 aliphatic carbocycles. The van der Waals surface area contributed by atoms with E-state index >= 15 is 0 Å². The molecule has 1 atom stereocenters. The summed E-state index contributed by atoms with van der Waals surface area (Å²) in [5, 5.41) is 3.03. The van der Waals surface area contributed by atoms with Crippen LogP contribution in [-0.2, 0) is 11.3 Å². The van der Waals surface area contributed by atoms with E-state index in [4.69, 9.17) is 9.47 Å². The lowest BCUT2D eigenvalue weighted by molar-refractivity contribution is -0.134. The van der Waals surface area contributed by atoms with Gasteiger partial charge in [-0.2, -0.15) is 0 Å². The molecule has 4 rings (SSSR count). The van der Waals surface area contributed by atoms with Crippen molar-refractivity contribution in [2.24, 2.45) is 5.92 Å². The Morgan fingerprint density at radius 1 is 1.24 bits per heavy atom. The van der Waals surface area contributed by atoms with Gasteiger partial charge in [0, 0.05) is 6.54 Å². The number of rotatable bonds is 6. The minimum atomic E-state index is -0.780. The fourth-order valence-corrected chi connectivity index (χ4v) is 4.74. The normalized spacial score (nSPS) is 24.8. The number of nitrogens with zero attached hydrogens (tertiary/aromatic N) is 2. The van der Waals surface area contributed by atoms with E-state index < -0.39 is 5.54 Å². The minimum absolute atomic E-state index is 0.0952. The highest BCUT2D eigenvalue weighted by Gasteiger charge is 2.54. The molecular weight excluding hydrogens is 370 g/mol. The number of hydrogen-bond acceptors (Lipinski definition) is 5. The van der Waals surface area contributed by atoms with Crippen LogP contribution in [0.25, 0.3) is 0 Å². The van der Waals surface area contributed by atoms with Crippen molar-refractivity contribution in [2.75, 3.05) is 26.4 Å². The number of hydrogen-bond donors (Lipinski definition) is 1. The number of imide groups is 1. The summed E-state index contributed by atoms with van der Waals surface area (Å²) in [4.78, 5) is 29.3.